The smallest absolute Gasteiger partial charge is 0.248 e. The first kappa shape index (κ1) is 15.2. The molecule has 0 aromatic carbocycles. The molecule has 3 heterocycles. The van der Waals surface area contributed by atoms with Gasteiger partial charge in [-0.05, 0) is 12.5 Å². The van der Waals surface area contributed by atoms with Crippen molar-refractivity contribution in [3.8, 4) is 0 Å². The molecule has 7 heteroatoms. The number of rotatable bonds is 3. The second-order valence-electron chi connectivity index (χ2n) is 6.02. The second-order valence-corrected chi connectivity index (χ2v) is 6.02. The number of nitrogens with zero attached hydrogens (tertiary/aromatic N) is 4. The Morgan fingerprint density at radius 1 is 1.36 bits per heavy atom. The quantitative estimate of drug-likeness (QED) is 0.793. The Kier molecular flexibility index (Phi) is 4.54. The first-order chi connectivity index (χ1) is 10.7. The molecule has 3 rings (SSSR count). The first-order valence-electron chi connectivity index (χ1n) is 7.59. The van der Waals surface area contributed by atoms with Crippen molar-refractivity contribution in [2.24, 2.45) is 5.41 Å². The van der Waals surface area contributed by atoms with Crippen molar-refractivity contribution in [2.45, 2.75) is 6.42 Å². The number of carbonyl (C=O) groups is 1. The van der Waals surface area contributed by atoms with Crippen LogP contribution in [0.2, 0.25) is 0 Å². The van der Waals surface area contributed by atoms with Gasteiger partial charge in [0.05, 0.1) is 13.2 Å². The fraction of sp³-hybridized carbons (Fsp3) is 0.667. The van der Waals surface area contributed by atoms with Crippen LogP contribution in [0.15, 0.2) is 18.5 Å². The molecular formula is C15H22N4O3. The third-order valence-corrected chi connectivity index (χ3v) is 4.33. The maximum absolute atomic E-state index is 12.1. The zero-order valence-electron chi connectivity index (χ0n) is 12.9. The molecule has 0 aliphatic carbocycles. The van der Waals surface area contributed by atoms with Gasteiger partial charge in [0.1, 0.15) is 6.61 Å². The average molecular weight is 306 g/mol. The third-order valence-electron chi connectivity index (χ3n) is 4.33. The summed E-state index contributed by atoms with van der Waals surface area (Å²) in [6.45, 7) is 4.42. The molecule has 7 nitrogen and oxygen atoms in total. The van der Waals surface area contributed by atoms with E-state index in [0.717, 1.165) is 25.5 Å². The van der Waals surface area contributed by atoms with Gasteiger partial charge in [0.2, 0.25) is 11.9 Å². The van der Waals surface area contributed by atoms with Crippen molar-refractivity contribution in [2.75, 3.05) is 58.0 Å². The van der Waals surface area contributed by atoms with Crippen molar-refractivity contribution in [1.82, 2.24) is 14.9 Å². The molecule has 2 saturated heterocycles. The molecule has 2 aliphatic heterocycles. The van der Waals surface area contributed by atoms with Crippen molar-refractivity contribution >= 4 is 11.9 Å². The van der Waals surface area contributed by atoms with E-state index in [1.54, 1.807) is 19.5 Å². The summed E-state index contributed by atoms with van der Waals surface area (Å²) in [6.07, 6.45) is 4.48. The minimum Gasteiger partial charge on any atom is -0.379 e. The summed E-state index contributed by atoms with van der Waals surface area (Å²) < 4.78 is 10.7. The van der Waals surface area contributed by atoms with Gasteiger partial charge in [-0.15, -0.1) is 0 Å². The molecule has 0 N–H and O–H groups in total. The summed E-state index contributed by atoms with van der Waals surface area (Å²) in [5.74, 6) is 0.778. The first-order valence-corrected chi connectivity index (χ1v) is 7.59. The van der Waals surface area contributed by atoms with E-state index in [9.17, 15) is 4.79 Å². The maximum atomic E-state index is 12.1. The lowest BCUT2D eigenvalue weighted by molar-refractivity contribution is -0.136. The molecule has 0 bridgehead atoms. The van der Waals surface area contributed by atoms with Gasteiger partial charge >= 0.3 is 0 Å². The second kappa shape index (κ2) is 6.58. The molecule has 0 radical (unpaired) electrons. The summed E-state index contributed by atoms with van der Waals surface area (Å²) in [4.78, 5) is 24.8. The minimum absolute atomic E-state index is 0.0294. The molecule has 1 atom stereocenters. The van der Waals surface area contributed by atoms with E-state index >= 15 is 0 Å². The van der Waals surface area contributed by atoms with E-state index < -0.39 is 0 Å². The van der Waals surface area contributed by atoms with Gasteiger partial charge in [0, 0.05) is 51.1 Å². The van der Waals surface area contributed by atoms with Crippen LogP contribution >= 0.6 is 0 Å². The molecule has 2 fully saturated rings. The number of carbonyl (C=O) groups excluding carboxylic acids is 1. The summed E-state index contributed by atoms with van der Waals surface area (Å²) in [5.41, 5.74) is -0.0426. The Labute approximate surface area is 130 Å². The predicted octanol–water partition coefficient (Wildman–Crippen LogP) is 0.178. The van der Waals surface area contributed by atoms with Crippen LogP contribution in [-0.2, 0) is 14.3 Å². The molecule has 0 unspecified atom stereocenters. The molecule has 1 spiro atoms. The Balaban J connectivity index is 1.71. The van der Waals surface area contributed by atoms with Crippen LogP contribution in [0, 0.1) is 5.41 Å². The van der Waals surface area contributed by atoms with Gasteiger partial charge in [0.25, 0.3) is 0 Å². The van der Waals surface area contributed by atoms with Crippen molar-refractivity contribution in [3.63, 3.8) is 0 Å². The Morgan fingerprint density at radius 3 is 2.95 bits per heavy atom. The number of amides is 1. The molecule has 120 valence electrons. The number of hydrogen-bond donors (Lipinski definition) is 0. The Morgan fingerprint density at radius 2 is 2.18 bits per heavy atom. The lowest BCUT2D eigenvalue weighted by Gasteiger charge is -2.31. The van der Waals surface area contributed by atoms with Gasteiger partial charge in [-0.1, -0.05) is 0 Å². The number of ether oxygens (including phenoxy) is 2. The monoisotopic (exact) mass is 306 g/mol. The molecule has 2 aliphatic rings. The molecule has 0 saturated carbocycles. The zero-order chi connectivity index (χ0) is 15.4. The maximum Gasteiger partial charge on any atom is 0.248 e. The number of hydrogen-bond acceptors (Lipinski definition) is 6. The highest BCUT2D eigenvalue weighted by Gasteiger charge is 2.42. The van der Waals surface area contributed by atoms with Crippen molar-refractivity contribution in [3.05, 3.63) is 18.5 Å². The van der Waals surface area contributed by atoms with E-state index in [0.29, 0.717) is 26.3 Å². The summed E-state index contributed by atoms with van der Waals surface area (Å²) in [5, 5.41) is 0. The fourth-order valence-electron chi connectivity index (χ4n) is 3.23. The zero-order valence-corrected chi connectivity index (χ0v) is 12.9. The summed E-state index contributed by atoms with van der Waals surface area (Å²) >= 11 is 0. The van der Waals surface area contributed by atoms with E-state index in [1.807, 2.05) is 11.0 Å². The normalized spacial score (nSPS) is 25.5. The highest BCUT2D eigenvalue weighted by Crippen LogP contribution is 2.34. The van der Waals surface area contributed by atoms with Crippen LogP contribution in [0.1, 0.15) is 6.42 Å². The van der Waals surface area contributed by atoms with Crippen LogP contribution in [-0.4, -0.2) is 73.9 Å². The van der Waals surface area contributed by atoms with Gasteiger partial charge in [-0.25, -0.2) is 9.97 Å². The molecule has 22 heavy (non-hydrogen) atoms. The molecule has 1 amide bonds. The van der Waals surface area contributed by atoms with Crippen LogP contribution < -0.4 is 4.90 Å². The van der Waals surface area contributed by atoms with Crippen LogP contribution in [0.25, 0.3) is 0 Å². The van der Waals surface area contributed by atoms with E-state index in [2.05, 4.69) is 14.9 Å². The largest absolute Gasteiger partial charge is 0.379 e. The number of methoxy groups -OCH3 is 1. The van der Waals surface area contributed by atoms with Crippen LogP contribution in [0.3, 0.4) is 0 Å². The predicted molar refractivity (Wildman–Crippen MR) is 80.6 cm³/mol. The lowest BCUT2D eigenvalue weighted by Crippen LogP contribution is -2.44. The van der Waals surface area contributed by atoms with Crippen LogP contribution in [0.4, 0.5) is 5.95 Å². The number of aromatic nitrogens is 2. The highest BCUT2D eigenvalue weighted by molar-refractivity contribution is 5.77. The topological polar surface area (TPSA) is 67.8 Å². The summed E-state index contributed by atoms with van der Waals surface area (Å²) in [7, 11) is 1.55. The molecule has 1 aromatic heterocycles. The van der Waals surface area contributed by atoms with Gasteiger partial charge in [-0.3, -0.25) is 4.79 Å². The van der Waals surface area contributed by atoms with Gasteiger partial charge < -0.3 is 19.3 Å². The van der Waals surface area contributed by atoms with Crippen LogP contribution in [0.5, 0.6) is 0 Å². The summed E-state index contributed by atoms with van der Waals surface area (Å²) in [6, 6.07) is 1.81. The fourth-order valence-corrected chi connectivity index (χ4v) is 3.23. The molecular weight excluding hydrogens is 284 g/mol. The standard InChI is InChI=1S/C15H22N4O3/c1-21-9-13(20)18-7-8-22-12-15(10-18)3-6-19(11-15)14-16-4-2-5-17-14/h2,4-5H,3,6-12H2,1H3/t15-/m0/s1. The van der Waals surface area contributed by atoms with Gasteiger partial charge in [0.15, 0.2) is 0 Å². The molecule has 1 aromatic rings. The Hall–Kier alpha value is -1.73. The van der Waals surface area contributed by atoms with E-state index in [1.165, 1.54) is 0 Å². The van der Waals surface area contributed by atoms with Crippen molar-refractivity contribution in [1.29, 1.82) is 0 Å². The average Bonchev–Trinajstić information content (AvgIpc) is 2.83. The van der Waals surface area contributed by atoms with E-state index in [4.69, 9.17) is 9.47 Å². The van der Waals surface area contributed by atoms with Crippen molar-refractivity contribution < 1.29 is 14.3 Å². The number of anilines is 1. The third kappa shape index (κ3) is 3.20. The highest BCUT2D eigenvalue weighted by atomic mass is 16.5. The minimum atomic E-state index is -0.0426. The van der Waals surface area contributed by atoms with E-state index in [-0.39, 0.29) is 17.9 Å². The Bertz CT molecular complexity index is 513. The lowest BCUT2D eigenvalue weighted by atomic mass is 9.87. The van der Waals surface area contributed by atoms with Gasteiger partial charge in [-0.2, -0.15) is 0 Å². The SMILES string of the molecule is COCC(=O)N1CCOC[C@@]2(CCN(c3ncccn3)C2)C1.